The highest BCUT2D eigenvalue weighted by molar-refractivity contribution is 6.32. The number of nitrogens with one attached hydrogen (secondary N) is 1. The van der Waals surface area contributed by atoms with E-state index in [9.17, 15) is 0 Å². The molecule has 0 aliphatic rings. The zero-order chi connectivity index (χ0) is 15.9. The summed E-state index contributed by atoms with van der Waals surface area (Å²) >= 11 is 6.29. The summed E-state index contributed by atoms with van der Waals surface area (Å²) in [6, 6.07) is 5.72. The number of ether oxygens (including phenoxy) is 2. The maximum atomic E-state index is 6.29. The molecule has 120 valence electrons. The second-order valence-electron chi connectivity index (χ2n) is 4.99. The predicted molar refractivity (Wildman–Crippen MR) is 85.6 cm³/mol. The smallest absolute Gasteiger partial charge is 0.179 e. The van der Waals surface area contributed by atoms with Crippen molar-refractivity contribution in [2.24, 2.45) is 0 Å². The van der Waals surface area contributed by atoms with Gasteiger partial charge in [0.15, 0.2) is 11.5 Å². The number of hydrogen-bond donors (Lipinski definition) is 1. The second-order valence-corrected chi connectivity index (χ2v) is 5.40. The first-order chi connectivity index (χ1) is 10.6. The van der Waals surface area contributed by atoms with Crippen LogP contribution in [0.4, 0.5) is 0 Å². The highest BCUT2D eigenvalue weighted by atomic mass is 35.5. The van der Waals surface area contributed by atoms with Crippen LogP contribution in [0.2, 0.25) is 5.02 Å². The van der Waals surface area contributed by atoms with Crippen LogP contribution < -0.4 is 14.8 Å². The number of aryl methyl sites for hydroxylation is 1. The van der Waals surface area contributed by atoms with Gasteiger partial charge in [0.25, 0.3) is 0 Å². The Morgan fingerprint density at radius 2 is 2.09 bits per heavy atom. The quantitative estimate of drug-likeness (QED) is 0.802. The maximum absolute atomic E-state index is 6.29. The fraction of sp³-hybridized carbons (Fsp3) is 0.438. The van der Waals surface area contributed by atoms with Crippen molar-refractivity contribution in [1.29, 1.82) is 0 Å². The van der Waals surface area contributed by atoms with E-state index in [1.54, 1.807) is 7.11 Å². The van der Waals surface area contributed by atoms with Crippen molar-refractivity contribution in [2.75, 3.05) is 13.7 Å². The summed E-state index contributed by atoms with van der Waals surface area (Å²) in [4.78, 5) is 0. The van der Waals surface area contributed by atoms with Gasteiger partial charge in [-0.2, -0.15) is 0 Å². The van der Waals surface area contributed by atoms with Gasteiger partial charge >= 0.3 is 0 Å². The Morgan fingerprint density at radius 1 is 1.27 bits per heavy atom. The van der Waals surface area contributed by atoms with Crippen molar-refractivity contribution in [3.8, 4) is 11.5 Å². The van der Waals surface area contributed by atoms with Crippen molar-refractivity contribution in [2.45, 2.75) is 33.4 Å². The van der Waals surface area contributed by atoms with Crippen molar-refractivity contribution >= 4 is 11.6 Å². The maximum Gasteiger partial charge on any atom is 0.179 e. The van der Waals surface area contributed by atoms with Crippen molar-refractivity contribution < 1.29 is 14.0 Å². The average molecular weight is 325 g/mol. The highest BCUT2D eigenvalue weighted by Gasteiger charge is 2.12. The summed E-state index contributed by atoms with van der Waals surface area (Å²) in [7, 11) is 1.61. The Labute approximate surface area is 135 Å². The van der Waals surface area contributed by atoms with E-state index in [0.29, 0.717) is 36.2 Å². The third-order valence-corrected chi connectivity index (χ3v) is 3.33. The third kappa shape index (κ3) is 4.39. The van der Waals surface area contributed by atoms with E-state index < -0.39 is 0 Å². The van der Waals surface area contributed by atoms with Gasteiger partial charge in [-0.25, -0.2) is 0 Å². The van der Waals surface area contributed by atoms with Crippen molar-refractivity contribution in [1.82, 2.24) is 10.5 Å². The molecular formula is C16H21ClN2O3. The minimum absolute atomic E-state index is 0.557. The number of rotatable bonds is 8. The summed E-state index contributed by atoms with van der Waals surface area (Å²) in [6.45, 7) is 5.81. The lowest BCUT2D eigenvalue weighted by atomic mass is 10.2. The van der Waals surface area contributed by atoms with Gasteiger partial charge in [0.05, 0.1) is 24.4 Å². The molecule has 0 amide bonds. The van der Waals surface area contributed by atoms with Gasteiger partial charge < -0.3 is 19.3 Å². The first kappa shape index (κ1) is 16.6. The van der Waals surface area contributed by atoms with E-state index in [-0.39, 0.29) is 0 Å². The molecule has 1 N–H and O–H groups in total. The molecule has 1 heterocycles. The predicted octanol–water partition coefficient (Wildman–Crippen LogP) is 3.72. The summed E-state index contributed by atoms with van der Waals surface area (Å²) < 4.78 is 16.0. The molecular weight excluding hydrogens is 304 g/mol. The van der Waals surface area contributed by atoms with Gasteiger partial charge in [0, 0.05) is 19.2 Å². The molecule has 0 aliphatic carbocycles. The zero-order valence-corrected chi connectivity index (χ0v) is 13.9. The van der Waals surface area contributed by atoms with Gasteiger partial charge in [-0.3, -0.25) is 0 Å². The largest absolute Gasteiger partial charge is 0.493 e. The van der Waals surface area contributed by atoms with Gasteiger partial charge in [0.1, 0.15) is 5.76 Å². The first-order valence-corrected chi connectivity index (χ1v) is 7.64. The fourth-order valence-electron chi connectivity index (χ4n) is 2.06. The van der Waals surface area contributed by atoms with Crippen LogP contribution in [0, 0.1) is 6.92 Å². The second kappa shape index (κ2) is 8.06. The highest BCUT2D eigenvalue weighted by Crippen LogP contribution is 2.36. The Bertz CT molecular complexity index is 613. The van der Waals surface area contributed by atoms with Gasteiger partial charge in [-0.1, -0.05) is 23.7 Å². The van der Waals surface area contributed by atoms with E-state index in [0.717, 1.165) is 23.4 Å². The number of nitrogens with zero attached hydrogens (tertiary/aromatic N) is 1. The van der Waals surface area contributed by atoms with Crippen LogP contribution in [-0.2, 0) is 13.1 Å². The summed E-state index contributed by atoms with van der Waals surface area (Å²) in [5, 5.41) is 7.79. The van der Waals surface area contributed by atoms with Crippen molar-refractivity contribution in [3.63, 3.8) is 0 Å². The molecule has 0 fully saturated rings. The zero-order valence-electron chi connectivity index (χ0n) is 13.1. The molecule has 6 heteroatoms. The van der Waals surface area contributed by atoms with Gasteiger partial charge in [-0.05, 0) is 31.0 Å². The lowest BCUT2D eigenvalue weighted by molar-refractivity contribution is 0.294. The summed E-state index contributed by atoms with van der Waals surface area (Å²) in [6.07, 6.45) is 0.917. The first-order valence-electron chi connectivity index (χ1n) is 7.26. The van der Waals surface area contributed by atoms with Crippen LogP contribution in [0.25, 0.3) is 0 Å². The van der Waals surface area contributed by atoms with Crippen LogP contribution in [-0.4, -0.2) is 18.9 Å². The Morgan fingerprint density at radius 3 is 2.73 bits per heavy atom. The molecule has 0 spiro atoms. The molecule has 1 aromatic heterocycles. The molecule has 0 radical (unpaired) electrons. The number of halogens is 1. The van der Waals surface area contributed by atoms with Crippen LogP contribution in [0.3, 0.4) is 0 Å². The molecule has 0 unspecified atom stereocenters. The standard InChI is InChI=1S/C16H21ClN2O3/c1-4-5-21-16-14(17)7-12(8-15(16)20-3)9-18-10-13-6-11(2)22-19-13/h6-8,18H,4-5,9-10H2,1-3H3. The number of hydrogen-bond acceptors (Lipinski definition) is 5. The SMILES string of the molecule is CCCOc1c(Cl)cc(CNCc2cc(C)on2)cc1OC. The lowest BCUT2D eigenvalue weighted by Gasteiger charge is -2.14. The topological polar surface area (TPSA) is 56.5 Å². The van der Waals surface area contributed by atoms with E-state index >= 15 is 0 Å². The Kier molecular flexibility index (Phi) is 6.10. The van der Waals surface area contributed by atoms with Crippen molar-refractivity contribution in [3.05, 3.63) is 40.2 Å². The Balaban J connectivity index is 2.00. The number of benzene rings is 1. The number of aromatic nitrogens is 1. The van der Waals surface area contributed by atoms with Crippen LogP contribution in [0.15, 0.2) is 22.7 Å². The minimum atomic E-state index is 0.557. The minimum Gasteiger partial charge on any atom is -0.493 e. The molecule has 2 rings (SSSR count). The van der Waals surface area contributed by atoms with E-state index in [1.165, 1.54) is 0 Å². The molecule has 22 heavy (non-hydrogen) atoms. The molecule has 2 aromatic rings. The summed E-state index contributed by atoms with van der Waals surface area (Å²) in [5.74, 6) is 2.05. The molecule has 0 bridgehead atoms. The molecule has 5 nitrogen and oxygen atoms in total. The van der Waals surface area contributed by atoms with Gasteiger partial charge in [-0.15, -0.1) is 0 Å². The lowest BCUT2D eigenvalue weighted by Crippen LogP contribution is -2.13. The third-order valence-electron chi connectivity index (χ3n) is 3.05. The molecule has 1 aromatic carbocycles. The number of methoxy groups -OCH3 is 1. The molecule has 0 atom stereocenters. The Hall–Kier alpha value is -1.72. The fourth-order valence-corrected chi connectivity index (χ4v) is 2.34. The summed E-state index contributed by atoms with van der Waals surface area (Å²) in [5.41, 5.74) is 1.89. The van der Waals surface area contributed by atoms with E-state index in [4.69, 9.17) is 25.6 Å². The van der Waals surface area contributed by atoms with Crippen LogP contribution in [0.5, 0.6) is 11.5 Å². The van der Waals surface area contributed by atoms with Crippen LogP contribution >= 0.6 is 11.6 Å². The molecule has 0 saturated heterocycles. The average Bonchev–Trinajstić information content (AvgIpc) is 2.91. The normalized spacial score (nSPS) is 10.7. The van der Waals surface area contributed by atoms with E-state index in [1.807, 2.05) is 32.0 Å². The molecule has 0 saturated carbocycles. The molecule has 0 aliphatic heterocycles. The van der Waals surface area contributed by atoms with Gasteiger partial charge in [0.2, 0.25) is 0 Å². The van der Waals surface area contributed by atoms with Crippen LogP contribution in [0.1, 0.15) is 30.4 Å². The van der Waals surface area contributed by atoms with E-state index in [2.05, 4.69) is 10.5 Å². The monoisotopic (exact) mass is 324 g/mol.